The van der Waals surface area contributed by atoms with Crippen LogP contribution in [-0.2, 0) is 14.8 Å². The molecule has 2 aromatic carbocycles. The van der Waals surface area contributed by atoms with Crippen LogP contribution in [0.2, 0.25) is 0 Å². The van der Waals surface area contributed by atoms with E-state index in [9.17, 15) is 8.42 Å². The number of nitrogens with zero attached hydrogens (tertiary/aromatic N) is 2. The van der Waals surface area contributed by atoms with Crippen molar-refractivity contribution in [2.24, 2.45) is 0 Å². The normalized spacial score (nSPS) is 15.8. The summed E-state index contributed by atoms with van der Waals surface area (Å²) in [7, 11) is -2.08. The molecule has 0 unspecified atom stereocenters. The van der Waals surface area contributed by atoms with E-state index >= 15 is 0 Å². The van der Waals surface area contributed by atoms with E-state index in [-0.39, 0.29) is 16.3 Å². The third kappa shape index (κ3) is 3.65. The number of anilines is 2. The van der Waals surface area contributed by atoms with Crippen molar-refractivity contribution in [3.05, 3.63) is 54.6 Å². The molecule has 1 aromatic heterocycles. The number of ether oxygens (including phenoxy) is 1. The Balaban J connectivity index is 1.69. The van der Waals surface area contributed by atoms with Crippen molar-refractivity contribution >= 4 is 32.7 Å². The molecule has 1 fully saturated rings. The lowest BCUT2D eigenvalue weighted by molar-refractivity contribution is -0.0601. The van der Waals surface area contributed by atoms with E-state index in [1.54, 1.807) is 31.4 Å². The third-order valence-electron chi connectivity index (χ3n) is 5.13. The van der Waals surface area contributed by atoms with Gasteiger partial charge in [0.05, 0.1) is 21.5 Å². The number of rotatable bonds is 7. The average molecular weight is 398 g/mol. The van der Waals surface area contributed by atoms with E-state index in [1.165, 1.54) is 12.1 Å². The summed E-state index contributed by atoms with van der Waals surface area (Å²) in [5.41, 5.74) is 1.07. The zero-order valence-corrected chi connectivity index (χ0v) is 16.4. The second kappa shape index (κ2) is 7.37. The predicted octanol–water partition coefficient (Wildman–Crippen LogP) is 3.41. The maximum absolute atomic E-state index is 12.8. The molecule has 0 radical (unpaired) electrons. The van der Waals surface area contributed by atoms with Crippen molar-refractivity contribution < 1.29 is 13.2 Å². The highest BCUT2D eigenvalue weighted by Gasteiger charge is 2.37. The van der Waals surface area contributed by atoms with Crippen LogP contribution in [0.25, 0.3) is 11.0 Å². The summed E-state index contributed by atoms with van der Waals surface area (Å²) in [5.74, 6) is 0.565. The van der Waals surface area contributed by atoms with Crippen LogP contribution < -0.4 is 10.0 Å². The van der Waals surface area contributed by atoms with Gasteiger partial charge in [-0.25, -0.2) is 18.4 Å². The molecule has 1 saturated carbocycles. The molecule has 1 aliphatic carbocycles. The Morgan fingerprint density at radius 3 is 2.14 bits per heavy atom. The van der Waals surface area contributed by atoms with Crippen LogP contribution in [0.5, 0.6) is 0 Å². The molecule has 0 bridgehead atoms. The Morgan fingerprint density at radius 1 is 0.964 bits per heavy atom. The first-order chi connectivity index (χ1) is 13.5. The summed E-state index contributed by atoms with van der Waals surface area (Å²) < 4.78 is 33.8. The highest BCUT2D eigenvalue weighted by atomic mass is 32.2. The van der Waals surface area contributed by atoms with Crippen LogP contribution in [-0.4, -0.2) is 37.6 Å². The number of sulfonamides is 1. The fourth-order valence-electron chi connectivity index (χ4n) is 3.25. The van der Waals surface area contributed by atoms with Crippen LogP contribution in [0, 0.1) is 0 Å². The zero-order chi connectivity index (χ0) is 19.6. The lowest BCUT2D eigenvalue weighted by Gasteiger charge is -2.40. The zero-order valence-electron chi connectivity index (χ0n) is 15.6. The van der Waals surface area contributed by atoms with E-state index < -0.39 is 10.0 Å². The van der Waals surface area contributed by atoms with Crippen LogP contribution >= 0.6 is 0 Å². The standard InChI is InChI=1S/C20H22N4O3S/c1-27-20(12-7-13-20)14-21-18-19(23-17-11-6-5-10-16(17)22-18)24-28(25,26)15-8-3-2-4-9-15/h2-6,8-11H,7,12-14H2,1H3,(H,21,22)(H,23,24). The van der Waals surface area contributed by atoms with Crippen molar-refractivity contribution in [1.29, 1.82) is 0 Å². The van der Waals surface area contributed by atoms with Crippen LogP contribution in [0.1, 0.15) is 19.3 Å². The molecule has 1 aliphatic rings. The lowest BCUT2D eigenvalue weighted by Crippen LogP contribution is -2.45. The van der Waals surface area contributed by atoms with E-state index in [0.29, 0.717) is 23.4 Å². The first kappa shape index (κ1) is 18.6. The smallest absolute Gasteiger partial charge is 0.263 e. The molecule has 0 atom stereocenters. The van der Waals surface area contributed by atoms with Gasteiger partial charge in [-0.1, -0.05) is 30.3 Å². The van der Waals surface area contributed by atoms with Crippen molar-refractivity contribution in [2.75, 3.05) is 23.7 Å². The van der Waals surface area contributed by atoms with Gasteiger partial charge in [-0.05, 0) is 43.5 Å². The van der Waals surface area contributed by atoms with Crippen molar-refractivity contribution in [3.63, 3.8) is 0 Å². The lowest BCUT2D eigenvalue weighted by atomic mass is 9.80. The fourth-order valence-corrected chi connectivity index (χ4v) is 4.28. The molecule has 1 heterocycles. The Hall–Kier alpha value is -2.71. The first-order valence-electron chi connectivity index (χ1n) is 9.15. The van der Waals surface area contributed by atoms with E-state index in [2.05, 4.69) is 20.0 Å². The second-order valence-electron chi connectivity index (χ2n) is 6.92. The van der Waals surface area contributed by atoms with Gasteiger partial charge in [0.15, 0.2) is 11.6 Å². The van der Waals surface area contributed by atoms with Gasteiger partial charge in [0.1, 0.15) is 0 Å². The number of hydrogen-bond donors (Lipinski definition) is 2. The Labute approximate surface area is 164 Å². The maximum Gasteiger partial charge on any atom is 0.263 e. The predicted molar refractivity (Wildman–Crippen MR) is 109 cm³/mol. The quantitative estimate of drug-likeness (QED) is 0.633. The minimum absolute atomic E-state index is 0.170. The third-order valence-corrected chi connectivity index (χ3v) is 6.49. The summed E-state index contributed by atoms with van der Waals surface area (Å²) in [6, 6.07) is 15.6. The number of fused-ring (bicyclic) bond motifs is 1. The van der Waals surface area contributed by atoms with Crippen molar-refractivity contribution in [1.82, 2.24) is 9.97 Å². The molecule has 2 N–H and O–H groups in total. The largest absolute Gasteiger partial charge is 0.376 e. The number of nitrogens with one attached hydrogen (secondary N) is 2. The summed E-state index contributed by atoms with van der Waals surface area (Å²) in [6.45, 7) is 0.538. The molecule has 0 spiro atoms. The number of aromatic nitrogens is 2. The first-order valence-corrected chi connectivity index (χ1v) is 10.6. The van der Waals surface area contributed by atoms with Gasteiger partial charge in [-0.3, -0.25) is 4.72 Å². The Morgan fingerprint density at radius 2 is 1.57 bits per heavy atom. The topological polar surface area (TPSA) is 93.2 Å². The molecule has 4 rings (SSSR count). The molecule has 28 heavy (non-hydrogen) atoms. The molecule has 3 aromatic rings. The van der Waals surface area contributed by atoms with E-state index in [1.807, 2.05) is 18.2 Å². The van der Waals surface area contributed by atoms with Gasteiger partial charge < -0.3 is 10.1 Å². The van der Waals surface area contributed by atoms with Crippen molar-refractivity contribution in [3.8, 4) is 0 Å². The molecule has 146 valence electrons. The van der Waals surface area contributed by atoms with Gasteiger partial charge in [-0.2, -0.15) is 0 Å². The number of para-hydroxylation sites is 2. The molecule has 7 nitrogen and oxygen atoms in total. The van der Waals surface area contributed by atoms with Crippen LogP contribution in [0.15, 0.2) is 59.5 Å². The summed E-state index contributed by atoms with van der Waals surface area (Å²) in [4.78, 5) is 9.26. The SMILES string of the molecule is COC1(CNc2nc3ccccc3nc2NS(=O)(=O)c2ccccc2)CCC1. The molecule has 0 amide bonds. The second-order valence-corrected chi connectivity index (χ2v) is 8.60. The summed E-state index contributed by atoms with van der Waals surface area (Å²) in [5, 5.41) is 3.25. The van der Waals surface area contributed by atoms with Gasteiger partial charge in [-0.15, -0.1) is 0 Å². The monoisotopic (exact) mass is 398 g/mol. The number of benzene rings is 2. The Bertz CT molecular complexity index is 1080. The highest BCUT2D eigenvalue weighted by molar-refractivity contribution is 7.92. The minimum atomic E-state index is -3.78. The highest BCUT2D eigenvalue weighted by Crippen LogP contribution is 2.35. The van der Waals surface area contributed by atoms with Gasteiger partial charge in [0.25, 0.3) is 10.0 Å². The van der Waals surface area contributed by atoms with Gasteiger partial charge in [0, 0.05) is 13.7 Å². The Kier molecular flexibility index (Phi) is 4.91. The number of hydrogen-bond acceptors (Lipinski definition) is 6. The van der Waals surface area contributed by atoms with Gasteiger partial charge in [0.2, 0.25) is 0 Å². The maximum atomic E-state index is 12.8. The summed E-state index contributed by atoms with van der Waals surface area (Å²) >= 11 is 0. The van der Waals surface area contributed by atoms with Gasteiger partial charge >= 0.3 is 0 Å². The fraction of sp³-hybridized carbons (Fsp3) is 0.300. The van der Waals surface area contributed by atoms with Crippen LogP contribution in [0.3, 0.4) is 0 Å². The molecular weight excluding hydrogens is 376 g/mol. The van der Waals surface area contributed by atoms with Crippen LogP contribution in [0.4, 0.5) is 11.6 Å². The molecular formula is C20H22N4O3S. The van der Waals surface area contributed by atoms with E-state index in [4.69, 9.17) is 4.74 Å². The van der Waals surface area contributed by atoms with Crippen molar-refractivity contribution in [2.45, 2.75) is 29.8 Å². The minimum Gasteiger partial charge on any atom is -0.376 e. The molecule has 0 aliphatic heterocycles. The average Bonchev–Trinajstić information content (AvgIpc) is 2.68. The summed E-state index contributed by atoms with van der Waals surface area (Å²) in [6.07, 6.45) is 3.04. The molecule has 8 heteroatoms. The number of methoxy groups -OCH3 is 1. The molecule has 0 saturated heterocycles. The van der Waals surface area contributed by atoms with E-state index in [0.717, 1.165) is 19.3 Å².